The van der Waals surface area contributed by atoms with Gasteiger partial charge in [-0.25, -0.2) is 0 Å². The molecule has 6 nitrogen and oxygen atoms in total. The normalized spacial score (nSPS) is 10.9. The summed E-state index contributed by atoms with van der Waals surface area (Å²) < 4.78 is 0. The van der Waals surface area contributed by atoms with Gasteiger partial charge in [-0.05, 0) is 88.0 Å². The van der Waals surface area contributed by atoms with E-state index in [9.17, 15) is 14.7 Å². The second kappa shape index (κ2) is 11.6. The monoisotopic (exact) mass is 413 g/mol. The van der Waals surface area contributed by atoms with Crippen LogP contribution in [0.5, 0.6) is 5.75 Å². The summed E-state index contributed by atoms with van der Waals surface area (Å²) in [5.41, 5.74) is 4.34. The number of pyridine rings is 1. The van der Waals surface area contributed by atoms with E-state index in [0.717, 1.165) is 61.2 Å². The fourth-order valence-corrected chi connectivity index (χ4v) is 3.71. The van der Waals surface area contributed by atoms with Gasteiger partial charge in [0.15, 0.2) is 0 Å². The molecule has 0 spiro atoms. The van der Waals surface area contributed by atoms with Crippen LogP contribution >= 0.6 is 0 Å². The summed E-state index contributed by atoms with van der Waals surface area (Å²) in [4.78, 5) is 27.7. The molecule has 0 unspecified atom stereocenters. The van der Waals surface area contributed by atoms with Crippen molar-refractivity contribution in [3.8, 4) is 5.75 Å². The first-order valence-electron chi connectivity index (χ1n) is 10.8. The van der Waals surface area contributed by atoms with Crippen LogP contribution in [-0.2, 0) is 13.0 Å². The number of aromatic amines is 1. The molecule has 30 heavy (non-hydrogen) atoms. The number of phenols is 1. The molecule has 0 fully saturated rings. The maximum absolute atomic E-state index is 12.8. The van der Waals surface area contributed by atoms with Crippen LogP contribution in [0.2, 0.25) is 0 Å². The number of hydrogen-bond donors (Lipinski definition) is 4. The highest BCUT2D eigenvalue weighted by atomic mass is 16.3. The number of nitrogens with one attached hydrogen (secondary N) is 3. The van der Waals surface area contributed by atoms with Crippen molar-refractivity contribution in [2.45, 2.75) is 66.3 Å². The maximum atomic E-state index is 12.8. The summed E-state index contributed by atoms with van der Waals surface area (Å²) in [6.45, 7) is 9.92. The zero-order valence-corrected chi connectivity index (χ0v) is 18.7. The third kappa shape index (κ3) is 6.73. The van der Waals surface area contributed by atoms with Crippen LogP contribution in [0, 0.1) is 20.8 Å². The minimum Gasteiger partial charge on any atom is -0.508 e. The van der Waals surface area contributed by atoms with Crippen LogP contribution in [0.25, 0.3) is 0 Å². The number of amides is 1. The van der Waals surface area contributed by atoms with Gasteiger partial charge in [-0.1, -0.05) is 19.8 Å². The Kier molecular flexibility index (Phi) is 9.12. The van der Waals surface area contributed by atoms with Crippen LogP contribution in [0.4, 0.5) is 0 Å². The lowest BCUT2D eigenvalue weighted by Crippen LogP contribution is -2.28. The molecule has 4 N–H and O–H groups in total. The predicted octanol–water partition coefficient (Wildman–Crippen LogP) is 3.65. The number of aromatic nitrogens is 1. The average molecular weight is 414 g/mol. The van der Waals surface area contributed by atoms with Crippen molar-refractivity contribution in [3.63, 3.8) is 0 Å². The Morgan fingerprint density at radius 1 is 1.07 bits per heavy atom. The van der Waals surface area contributed by atoms with Crippen LogP contribution < -0.4 is 16.2 Å². The van der Waals surface area contributed by atoms with Crippen LogP contribution in [-0.4, -0.2) is 29.1 Å². The summed E-state index contributed by atoms with van der Waals surface area (Å²) in [6.07, 6.45) is 5.31. The molecule has 0 aliphatic rings. The first-order valence-corrected chi connectivity index (χ1v) is 10.8. The van der Waals surface area contributed by atoms with Gasteiger partial charge in [-0.2, -0.15) is 0 Å². The summed E-state index contributed by atoms with van der Waals surface area (Å²) in [7, 11) is 0. The number of benzene rings is 1. The second-order valence-electron chi connectivity index (χ2n) is 7.92. The molecule has 0 saturated heterocycles. The highest BCUT2D eigenvalue weighted by molar-refractivity contribution is 5.96. The number of phenolic OH excluding ortho intramolecular Hbond substituents is 1. The van der Waals surface area contributed by atoms with Crippen LogP contribution in [0.3, 0.4) is 0 Å². The summed E-state index contributed by atoms with van der Waals surface area (Å²) in [6, 6.07) is 5.13. The van der Waals surface area contributed by atoms with Gasteiger partial charge in [0.2, 0.25) is 0 Å². The van der Waals surface area contributed by atoms with E-state index in [1.807, 2.05) is 26.8 Å². The van der Waals surface area contributed by atoms with Gasteiger partial charge in [-0.3, -0.25) is 9.59 Å². The Balaban J connectivity index is 2.00. The molecule has 164 valence electrons. The minimum absolute atomic E-state index is 0.0947. The predicted molar refractivity (Wildman–Crippen MR) is 121 cm³/mol. The Bertz CT molecular complexity index is 919. The van der Waals surface area contributed by atoms with Crippen LogP contribution in [0.1, 0.15) is 70.9 Å². The molecular formula is C24H35N3O3. The van der Waals surface area contributed by atoms with Gasteiger partial charge in [0.25, 0.3) is 11.5 Å². The number of carbonyl (C=O) groups is 1. The second-order valence-corrected chi connectivity index (χ2v) is 7.92. The lowest BCUT2D eigenvalue weighted by molar-refractivity contribution is 0.0949. The van der Waals surface area contributed by atoms with Crippen molar-refractivity contribution < 1.29 is 9.90 Å². The largest absolute Gasteiger partial charge is 0.508 e. The maximum Gasteiger partial charge on any atom is 0.253 e. The van der Waals surface area contributed by atoms with Crippen molar-refractivity contribution in [3.05, 3.63) is 62.1 Å². The molecule has 0 saturated carbocycles. The molecule has 6 heteroatoms. The van der Waals surface area contributed by atoms with E-state index in [0.29, 0.717) is 11.1 Å². The highest BCUT2D eigenvalue weighted by Gasteiger charge is 2.15. The summed E-state index contributed by atoms with van der Waals surface area (Å²) in [5, 5.41) is 16.3. The topological polar surface area (TPSA) is 94.2 Å². The molecule has 0 atom stereocenters. The van der Waals surface area contributed by atoms with Gasteiger partial charge in [-0.15, -0.1) is 0 Å². The summed E-state index contributed by atoms with van der Waals surface area (Å²) in [5.74, 6) is -0.188. The molecule has 0 bridgehead atoms. The van der Waals surface area contributed by atoms with Crippen LogP contribution in [0.15, 0.2) is 23.0 Å². The van der Waals surface area contributed by atoms with E-state index >= 15 is 0 Å². The van der Waals surface area contributed by atoms with E-state index < -0.39 is 0 Å². The molecule has 1 aromatic carbocycles. The number of rotatable bonds is 11. The fourth-order valence-electron chi connectivity index (χ4n) is 3.71. The third-order valence-corrected chi connectivity index (χ3v) is 5.46. The third-order valence-electron chi connectivity index (χ3n) is 5.46. The SMILES string of the molecule is CCNCCCCCCc1cc(O)cc(C(=O)NCc2c(C)cc(C)[nH]c2=O)c1C. The minimum atomic E-state index is -0.283. The van der Waals surface area contributed by atoms with Crippen molar-refractivity contribution >= 4 is 5.91 Å². The summed E-state index contributed by atoms with van der Waals surface area (Å²) >= 11 is 0. The number of carbonyl (C=O) groups excluding carboxylic acids is 1. The molecule has 2 rings (SSSR count). The molecule has 0 aliphatic heterocycles. The standard InChI is InChI=1S/C24H35N3O3/c1-5-25-11-9-7-6-8-10-19-13-20(28)14-21(18(19)4)23(29)26-15-22-16(2)12-17(3)27-24(22)30/h12-14,25,28H,5-11,15H2,1-4H3,(H,26,29)(H,27,30). The number of unbranched alkanes of at least 4 members (excludes halogenated alkanes) is 3. The van der Waals surface area contributed by atoms with Crippen molar-refractivity contribution in [2.24, 2.45) is 0 Å². The molecule has 1 amide bonds. The van der Waals surface area contributed by atoms with Gasteiger partial charge < -0.3 is 20.7 Å². The number of aryl methyl sites for hydroxylation is 3. The van der Waals surface area contributed by atoms with E-state index in [1.165, 1.54) is 12.5 Å². The zero-order chi connectivity index (χ0) is 22.1. The Morgan fingerprint density at radius 3 is 2.50 bits per heavy atom. The van der Waals surface area contributed by atoms with Crippen molar-refractivity contribution in [1.29, 1.82) is 0 Å². The van der Waals surface area contributed by atoms with Gasteiger partial charge >= 0.3 is 0 Å². The first-order chi connectivity index (χ1) is 14.3. The Labute approximate surface area is 179 Å². The van der Waals surface area contributed by atoms with E-state index in [2.05, 4.69) is 22.5 Å². The van der Waals surface area contributed by atoms with Gasteiger partial charge in [0.05, 0.1) is 0 Å². The molecule has 0 radical (unpaired) electrons. The zero-order valence-electron chi connectivity index (χ0n) is 18.7. The Morgan fingerprint density at radius 2 is 1.80 bits per heavy atom. The number of hydrogen-bond acceptors (Lipinski definition) is 4. The smallest absolute Gasteiger partial charge is 0.253 e. The number of aromatic hydroxyl groups is 1. The lowest BCUT2D eigenvalue weighted by atomic mass is 9.96. The quantitative estimate of drug-likeness (QED) is 0.423. The Hall–Kier alpha value is -2.60. The lowest BCUT2D eigenvalue weighted by Gasteiger charge is -2.13. The van der Waals surface area contributed by atoms with Gasteiger partial charge in [0, 0.05) is 23.4 Å². The van der Waals surface area contributed by atoms with E-state index in [4.69, 9.17) is 0 Å². The molecule has 1 heterocycles. The van der Waals surface area contributed by atoms with Gasteiger partial charge in [0.1, 0.15) is 5.75 Å². The van der Waals surface area contributed by atoms with E-state index in [1.54, 1.807) is 6.07 Å². The van der Waals surface area contributed by atoms with E-state index in [-0.39, 0.29) is 23.8 Å². The van der Waals surface area contributed by atoms with Crippen molar-refractivity contribution in [2.75, 3.05) is 13.1 Å². The molecule has 2 aromatic rings. The first kappa shape index (κ1) is 23.7. The number of H-pyrrole nitrogens is 1. The molecular weight excluding hydrogens is 378 g/mol. The molecule has 0 aliphatic carbocycles. The van der Waals surface area contributed by atoms with Crippen molar-refractivity contribution in [1.82, 2.24) is 15.6 Å². The average Bonchev–Trinajstić information content (AvgIpc) is 2.68. The molecule has 1 aromatic heterocycles. The highest BCUT2D eigenvalue weighted by Crippen LogP contribution is 2.23. The fraction of sp³-hybridized carbons (Fsp3) is 0.500.